The van der Waals surface area contributed by atoms with Crippen molar-refractivity contribution in [2.45, 2.75) is 0 Å². The smallest absolute Gasteiger partial charge is 0.236 e. The van der Waals surface area contributed by atoms with Crippen molar-refractivity contribution in [3.63, 3.8) is 0 Å². The van der Waals surface area contributed by atoms with Gasteiger partial charge in [0, 0.05) is 45.2 Å². The lowest BCUT2D eigenvalue weighted by molar-refractivity contribution is -0.131. The minimum Gasteiger partial charge on any atom is -0.396 e. The molecule has 0 aromatic carbocycles. The predicted molar refractivity (Wildman–Crippen MR) is 86.3 cm³/mol. The molecule has 126 valence electrons. The highest BCUT2D eigenvalue weighted by atomic mass is 35.5. The molecule has 2 N–H and O–H groups in total. The summed E-state index contributed by atoms with van der Waals surface area (Å²) in [5, 5.41) is 12.9. The van der Waals surface area contributed by atoms with Gasteiger partial charge in [0.1, 0.15) is 0 Å². The van der Waals surface area contributed by atoms with Crippen LogP contribution in [-0.4, -0.2) is 87.5 Å². The van der Waals surface area contributed by atoms with E-state index in [4.69, 9.17) is 4.74 Å². The highest BCUT2D eigenvalue weighted by Gasteiger charge is 2.50. The fourth-order valence-electron chi connectivity index (χ4n) is 3.09. The predicted octanol–water partition coefficient (Wildman–Crippen LogP) is -0.551. The molecule has 2 unspecified atom stereocenters. The van der Waals surface area contributed by atoms with Crippen LogP contribution in [0.1, 0.15) is 0 Å². The summed E-state index contributed by atoms with van der Waals surface area (Å²) >= 11 is 0. The Morgan fingerprint density at radius 1 is 1.52 bits per heavy atom. The zero-order valence-electron chi connectivity index (χ0n) is 12.7. The molecule has 2 aliphatic rings. The number of aliphatic hydroxyl groups is 1. The van der Waals surface area contributed by atoms with E-state index in [1.54, 1.807) is 7.11 Å². The minimum atomic E-state index is -0.110. The van der Waals surface area contributed by atoms with E-state index in [0.717, 1.165) is 26.2 Å². The van der Waals surface area contributed by atoms with Gasteiger partial charge in [-0.15, -0.1) is 24.8 Å². The van der Waals surface area contributed by atoms with E-state index in [0.29, 0.717) is 25.6 Å². The number of amides is 1. The first-order valence-corrected chi connectivity index (χ1v) is 6.88. The van der Waals surface area contributed by atoms with Crippen LogP contribution in [0, 0.1) is 11.3 Å². The number of rotatable bonds is 6. The Kier molecular flexibility index (Phi) is 9.08. The number of carbonyl (C=O) groups excluding carboxylic acids is 1. The molecule has 21 heavy (non-hydrogen) atoms. The normalized spacial score (nSPS) is 27.2. The SMILES string of the molecule is COCCN(C)CC(=O)N1CC2CNCC2(CO)C1.Cl.Cl. The van der Waals surface area contributed by atoms with Gasteiger partial charge in [-0.2, -0.15) is 0 Å². The molecule has 2 atom stereocenters. The van der Waals surface area contributed by atoms with Crippen molar-refractivity contribution in [1.82, 2.24) is 15.1 Å². The Labute approximate surface area is 139 Å². The zero-order valence-corrected chi connectivity index (χ0v) is 14.3. The molecular weight excluding hydrogens is 317 g/mol. The van der Waals surface area contributed by atoms with Crippen molar-refractivity contribution in [1.29, 1.82) is 0 Å². The maximum atomic E-state index is 12.2. The van der Waals surface area contributed by atoms with Gasteiger partial charge in [-0.1, -0.05) is 0 Å². The lowest BCUT2D eigenvalue weighted by Crippen LogP contribution is -2.42. The van der Waals surface area contributed by atoms with E-state index < -0.39 is 0 Å². The number of nitrogens with one attached hydrogen (secondary N) is 1. The summed E-state index contributed by atoms with van der Waals surface area (Å²) in [4.78, 5) is 16.1. The van der Waals surface area contributed by atoms with Crippen LogP contribution >= 0.6 is 24.8 Å². The molecule has 0 bridgehead atoms. The molecule has 0 aliphatic carbocycles. The second-order valence-corrected chi connectivity index (χ2v) is 5.85. The topological polar surface area (TPSA) is 65.0 Å². The van der Waals surface area contributed by atoms with Gasteiger partial charge >= 0.3 is 0 Å². The van der Waals surface area contributed by atoms with Gasteiger partial charge in [0.25, 0.3) is 0 Å². The second-order valence-electron chi connectivity index (χ2n) is 5.85. The lowest BCUT2D eigenvalue weighted by Gasteiger charge is -2.26. The van der Waals surface area contributed by atoms with Crippen LogP contribution in [-0.2, 0) is 9.53 Å². The fourth-order valence-corrected chi connectivity index (χ4v) is 3.09. The summed E-state index contributed by atoms with van der Waals surface area (Å²) in [7, 11) is 3.59. The number of fused-ring (bicyclic) bond motifs is 1. The summed E-state index contributed by atoms with van der Waals surface area (Å²) in [5.74, 6) is 0.548. The average Bonchev–Trinajstić information content (AvgIpc) is 2.93. The Morgan fingerprint density at radius 2 is 2.24 bits per heavy atom. The minimum absolute atomic E-state index is 0. The number of likely N-dealkylation sites (N-methyl/N-ethyl adjacent to an activating group) is 1. The summed E-state index contributed by atoms with van der Waals surface area (Å²) in [6.45, 7) is 5.14. The number of likely N-dealkylation sites (tertiary alicyclic amines) is 1. The van der Waals surface area contributed by atoms with E-state index in [9.17, 15) is 9.90 Å². The number of methoxy groups -OCH3 is 1. The lowest BCUT2D eigenvalue weighted by atomic mass is 9.82. The molecule has 0 saturated carbocycles. The van der Waals surface area contributed by atoms with Crippen molar-refractivity contribution in [3.05, 3.63) is 0 Å². The third-order valence-electron chi connectivity index (χ3n) is 4.43. The Morgan fingerprint density at radius 3 is 2.81 bits per heavy atom. The first-order chi connectivity index (χ1) is 9.11. The van der Waals surface area contributed by atoms with Gasteiger partial charge in [0.2, 0.25) is 5.91 Å². The maximum absolute atomic E-state index is 12.2. The van der Waals surface area contributed by atoms with Gasteiger partial charge < -0.3 is 20.1 Å². The van der Waals surface area contributed by atoms with Crippen LogP contribution < -0.4 is 5.32 Å². The number of hydrogen-bond acceptors (Lipinski definition) is 5. The van der Waals surface area contributed by atoms with Crippen LogP contribution in [0.2, 0.25) is 0 Å². The Balaban J connectivity index is 0.00000200. The van der Waals surface area contributed by atoms with E-state index >= 15 is 0 Å². The van der Waals surface area contributed by atoms with E-state index in [2.05, 4.69) is 5.32 Å². The fraction of sp³-hybridized carbons (Fsp3) is 0.923. The number of nitrogens with zero attached hydrogens (tertiary/aromatic N) is 2. The average molecular weight is 344 g/mol. The molecule has 0 aromatic heterocycles. The van der Waals surface area contributed by atoms with Gasteiger partial charge in [-0.25, -0.2) is 0 Å². The van der Waals surface area contributed by atoms with Gasteiger partial charge in [0.05, 0.1) is 19.8 Å². The van der Waals surface area contributed by atoms with Crippen LogP contribution in [0.25, 0.3) is 0 Å². The summed E-state index contributed by atoms with van der Waals surface area (Å²) < 4.78 is 5.01. The van der Waals surface area contributed by atoms with Gasteiger partial charge in [0.15, 0.2) is 0 Å². The standard InChI is InChI=1S/C13H25N3O3.2ClH/c1-15(3-4-19-2)7-12(18)16-6-11-5-14-8-13(11,9-16)10-17;;/h11,14,17H,3-10H2,1-2H3;2*1H. The number of ether oxygens (including phenoxy) is 1. The third kappa shape index (κ3) is 4.68. The molecular formula is C13H27Cl2N3O3. The van der Waals surface area contributed by atoms with Crippen LogP contribution in [0.4, 0.5) is 0 Å². The molecule has 2 fully saturated rings. The number of aliphatic hydroxyl groups excluding tert-OH is 1. The molecule has 0 radical (unpaired) electrons. The Hall–Kier alpha value is -0.110. The highest BCUT2D eigenvalue weighted by molar-refractivity contribution is 5.85. The Bertz CT molecular complexity index is 336. The molecule has 2 aliphatic heterocycles. The molecule has 2 saturated heterocycles. The van der Waals surface area contributed by atoms with E-state index in [-0.39, 0.29) is 42.7 Å². The van der Waals surface area contributed by atoms with Crippen molar-refractivity contribution < 1.29 is 14.6 Å². The molecule has 0 spiro atoms. The second kappa shape index (κ2) is 9.12. The number of halogens is 2. The van der Waals surface area contributed by atoms with Gasteiger partial charge in [-0.05, 0) is 13.0 Å². The number of hydrogen-bond donors (Lipinski definition) is 2. The third-order valence-corrected chi connectivity index (χ3v) is 4.43. The molecule has 1 amide bonds. The quantitative estimate of drug-likeness (QED) is 0.677. The molecule has 2 heterocycles. The first-order valence-electron chi connectivity index (χ1n) is 6.88. The van der Waals surface area contributed by atoms with Crippen molar-refractivity contribution >= 4 is 30.7 Å². The summed E-state index contributed by atoms with van der Waals surface area (Å²) in [6, 6.07) is 0. The molecule has 6 nitrogen and oxygen atoms in total. The van der Waals surface area contributed by atoms with Crippen molar-refractivity contribution in [2.75, 3.05) is 66.6 Å². The zero-order chi connectivity index (χ0) is 13.9. The van der Waals surface area contributed by atoms with Crippen LogP contribution in [0.15, 0.2) is 0 Å². The maximum Gasteiger partial charge on any atom is 0.236 e. The summed E-state index contributed by atoms with van der Waals surface area (Å²) in [5.41, 5.74) is -0.110. The highest BCUT2D eigenvalue weighted by Crippen LogP contribution is 2.38. The van der Waals surface area contributed by atoms with E-state index in [1.807, 2.05) is 16.8 Å². The van der Waals surface area contributed by atoms with E-state index in [1.165, 1.54) is 0 Å². The first kappa shape index (κ1) is 20.9. The van der Waals surface area contributed by atoms with Crippen LogP contribution in [0.5, 0.6) is 0 Å². The van der Waals surface area contributed by atoms with Crippen molar-refractivity contribution in [3.8, 4) is 0 Å². The largest absolute Gasteiger partial charge is 0.396 e. The van der Waals surface area contributed by atoms with Crippen molar-refractivity contribution in [2.24, 2.45) is 11.3 Å². The molecule has 0 aromatic rings. The van der Waals surface area contributed by atoms with Gasteiger partial charge in [-0.3, -0.25) is 9.69 Å². The van der Waals surface area contributed by atoms with Crippen LogP contribution in [0.3, 0.4) is 0 Å². The molecule has 8 heteroatoms. The molecule has 2 rings (SSSR count). The number of carbonyl (C=O) groups is 1. The summed E-state index contributed by atoms with van der Waals surface area (Å²) in [6.07, 6.45) is 0. The monoisotopic (exact) mass is 343 g/mol.